The Morgan fingerprint density at radius 3 is 2.84 bits per heavy atom. The zero-order chi connectivity index (χ0) is 17.1. The van der Waals surface area contributed by atoms with Gasteiger partial charge in [0.15, 0.2) is 0 Å². The van der Waals surface area contributed by atoms with E-state index < -0.39 is 0 Å². The van der Waals surface area contributed by atoms with Crippen LogP contribution in [0.25, 0.3) is 5.69 Å². The molecule has 128 valence electrons. The first-order valence-electron chi connectivity index (χ1n) is 8.63. The number of rotatable bonds is 3. The van der Waals surface area contributed by atoms with E-state index in [1.807, 2.05) is 41.3 Å². The number of nitrogens with zero attached hydrogens (tertiary/aromatic N) is 4. The highest BCUT2D eigenvalue weighted by Gasteiger charge is 2.30. The fourth-order valence-corrected chi connectivity index (χ4v) is 3.47. The van der Waals surface area contributed by atoms with Crippen LogP contribution < -0.4 is 0 Å². The molecule has 0 N–H and O–H groups in total. The minimum Gasteiger partial charge on any atom is -0.467 e. The molecule has 0 bridgehead atoms. The number of hydrogen-bond donors (Lipinski definition) is 0. The van der Waals surface area contributed by atoms with Crippen molar-refractivity contribution < 1.29 is 9.21 Å². The van der Waals surface area contributed by atoms with Crippen molar-refractivity contribution in [2.45, 2.75) is 31.7 Å². The first-order valence-corrected chi connectivity index (χ1v) is 8.63. The Labute approximate surface area is 146 Å². The molecular formula is C19H20N4O2. The molecule has 3 heterocycles. The Hall–Kier alpha value is -2.89. The number of aromatic nitrogens is 3. The number of carbonyl (C=O) groups is 1. The van der Waals surface area contributed by atoms with Crippen LogP contribution in [0.2, 0.25) is 0 Å². The van der Waals surface area contributed by atoms with Gasteiger partial charge < -0.3 is 9.32 Å². The number of para-hydroxylation sites is 1. The van der Waals surface area contributed by atoms with E-state index in [1.54, 1.807) is 17.3 Å². The molecule has 6 heteroatoms. The molecule has 0 radical (unpaired) electrons. The van der Waals surface area contributed by atoms with Gasteiger partial charge in [-0.1, -0.05) is 25.0 Å². The van der Waals surface area contributed by atoms with E-state index in [9.17, 15) is 4.79 Å². The van der Waals surface area contributed by atoms with Gasteiger partial charge >= 0.3 is 0 Å². The van der Waals surface area contributed by atoms with Gasteiger partial charge in [0.25, 0.3) is 5.91 Å². The average molecular weight is 336 g/mol. The Morgan fingerprint density at radius 1 is 1.12 bits per heavy atom. The van der Waals surface area contributed by atoms with Gasteiger partial charge in [-0.3, -0.25) is 4.79 Å². The fraction of sp³-hybridized carbons (Fsp3) is 0.316. The zero-order valence-electron chi connectivity index (χ0n) is 13.9. The molecular weight excluding hydrogens is 316 g/mol. The van der Waals surface area contributed by atoms with Crippen molar-refractivity contribution in [1.29, 1.82) is 0 Å². The van der Waals surface area contributed by atoms with Crippen molar-refractivity contribution in [3.8, 4) is 5.69 Å². The Kier molecular flexibility index (Phi) is 4.33. The quantitative estimate of drug-likeness (QED) is 0.733. The second-order valence-electron chi connectivity index (χ2n) is 6.24. The van der Waals surface area contributed by atoms with Crippen LogP contribution in [0, 0.1) is 0 Å². The number of hydrogen-bond acceptors (Lipinski definition) is 4. The SMILES string of the molecule is O=C(c1ccccc1-n1cncn1)N1CCCCCC1c1ccco1. The minimum atomic E-state index is -0.0196. The smallest absolute Gasteiger partial charge is 0.256 e. The summed E-state index contributed by atoms with van der Waals surface area (Å²) in [4.78, 5) is 19.3. The summed E-state index contributed by atoms with van der Waals surface area (Å²) in [6.45, 7) is 0.732. The molecule has 1 saturated heterocycles. The molecule has 1 aliphatic heterocycles. The highest BCUT2D eigenvalue weighted by Crippen LogP contribution is 2.32. The van der Waals surface area contributed by atoms with Crippen LogP contribution in [-0.4, -0.2) is 32.1 Å². The molecule has 0 saturated carbocycles. The van der Waals surface area contributed by atoms with Gasteiger partial charge in [0, 0.05) is 6.54 Å². The molecule has 25 heavy (non-hydrogen) atoms. The number of likely N-dealkylation sites (tertiary alicyclic amines) is 1. The minimum absolute atomic E-state index is 0.00870. The number of amides is 1. The van der Waals surface area contributed by atoms with Crippen LogP contribution in [0.3, 0.4) is 0 Å². The molecule has 2 aromatic heterocycles. The van der Waals surface area contributed by atoms with Gasteiger partial charge in [-0.25, -0.2) is 9.67 Å². The summed E-state index contributed by atoms with van der Waals surface area (Å²) < 4.78 is 7.26. The van der Waals surface area contributed by atoms with Gasteiger partial charge in [-0.2, -0.15) is 5.10 Å². The monoisotopic (exact) mass is 336 g/mol. The van der Waals surface area contributed by atoms with E-state index >= 15 is 0 Å². The first-order chi connectivity index (χ1) is 12.3. The molecule has 1 atom stereocenters. The summed E-state index contributed by atoms with van der Waals surface area (Å²) in [6, 6.07) is 11.3. The number of benzene rings is 1. The van der Waals surface area contributed by atoms with Gasteiger partial charge in [-0.05, 0) is 37.1 Å². The topological polar surface area (TPSA) is 64.2 Å². The van der Waals surface area contributed by atoms with Crippen molar-refractivity contribution >= 4 is 5.91 Å². The van der Waals surface area contributed by atoms with Crippen LogP contribution in [0.5, 0.6) is 0 Å². The summed E-state index contributed by atoms with van der Waals surface area (Å²) in [7, 11) is 0. The molecule has 1 unspecified atom stereocenters. The van der Waals surface area contributed by atoms with E-state index in [0.717, 1.165) is 43.7 Å². The third-order valence-electron chi connectivity index (χ3n) is 4.69. The standard InChI is InChI=1S/C19H20N4O2/c24-19(15-7-3-4-8-16(15)23-14-20-13-21-23)22-11-5-1-2-9-17(22)18-10-6-12-25-18/h3-4,6-8,10,12-14,17H,1-2,5,9,11H2. The van der Waals surface area contributed by atoms with Gasteiger partial charge in [0.1, 0.15) is 18.4 Å². The average Bonchev–Trinajstić information content (AvgIpc) is 3.32. The van der Waals surface area contributed by atoms with E-state index in [0.29, 0.717) is 5.56 Å². The molecule has 6 nitrogen and oxygen atoms in total. The molecule has 4 rings (SSSR count). The summed E-state index contributed by atoms with van der Waals surface area (Å²) >= 11 is 0. The van der Waals surface area contributed by atoms with Crippen LogP contribution in [-0.2, 0) is 0 Å². The van der Waals surface area contributed by atoms with Crippen molar-refractivity contribution in [3.63, 3.8) is 0 Å². The summed E-state index contributed by atoms with van der Waals surface area (Å²) in [6.07, 6.45) is 8.91. The summed E-state index contributed by atoms with van der Waals surface area (Å²) in [5, 5.41) is 4.18. The van der Waals surface area contributed by atoms with Crippen molar-refractivity contribution in [3.05, 3.63) is 66.6 Å². The fourth-order valence-electron chi connectivity index (χ4n) is 3.47. The van der Waals surface area contributed by atoms with Crippen molar-refractivity contribution in [2.75, 3.05) is 6.54 Å². The third kappa shape index (κ3) is 3.07. The largest absolute Gasteiger partial charge is 0.467 e. The normalized spacial score (nSPS) is 18.1. The lowest BCUT2D eigenvalue weighted by molar-refractivity contribution is 0.0658. The van der Waals surface area contributed by atoms with Crippen molar-refractivity contribution in [2.24, 2.45) is 0 Å². The lowest BCUT2D eigenvalue weighted by Crippen LogP contribution is -2.35. The highest BCUT2D eigenvalue weighted by atomic mass is 16.3. The van der Waals surface area contributed by atoms with E-state index in [2.05, 4.69) is 10.1 Å². The second kappa shape index (κ2) is 6.93. The maximum Gasteiger partial charge on any atom is 0.256 e. The van der Waals surface area contributed by atoms with E-state index in [1.165, 1.54) is 6.33 Å². The Morgan fingerprint density at radius 2 is 2.04 bits per heavy atom. The molecule has 1 fully saturated rings. The predicted molar refractivity (Wildman–Crippen MR) is 92.3 cm³/mol. The summed E-state index contributed by atoms with van der Waals surface area (Å²) in [5.74, 6) is 0.864. The molecule has 1 aliphatic rings. The van der Waals surface area contributed by atoms with Gasteiger partial charge in [0.05, 0.1) is 23.6 Å². The van der Waals surface area contributed by atoms with E-state index in [-0.39, 0.29) is 11.9 Å². The lowest BCUT2D eigenvalue weighted by Gasteiger charge is -2.29. The maximum atomic E-state index is 13.4. The highest BCUT2D eigenvalue weighted by molar-refractivity contribution is 5.98. The molecule has 1 amide bonds. The van der Waals surface area contributed by atoms with Crippen LogP contribution in [0.1, 0.15) is 47.8 Å². The van der Waals surface area contributed by atoms with Crippen molar-refractivity contribution in [1.82, 2.24) is 19.7 Å². The van der Waals surface area contributed by atoms with Crippen LogP contribution >= 0.6 is 0 Å². The molecule has 0 spiro atoms. The number of carbonyl (C=O) groups excluding carboxylic acids is 1. The summed E-state index contributed by atoms with van der Waals surface area (Å²) in [5.41, 5.74) is 1.37. The lowest BCUT2D eigenvalue weighted by atomic mass is 10.1. The van der Waals surface area contributed by atoms with Crippen LogP contribution in [0.15, 0.2) is 59.7 Å². The molecule has 0 aliphatic carbocycles. The second-order valence-corrected chi connectivity index (χ2v) is 6.24. The maximum absolute atomic E-state index is 13.4. The van der Waals surface area contributed by atoms with Gasteiger partial charge in [0.2, 0.25) is 0 Å². The zero-order valence-corrected chi connectivity index (χ0v) is 13.9. The first kappa shape index (κ1) is 15.6. The third-order valence-corrected chi connectivity index (χ3v) is 4.69. The predicted octanol–water partition coefficient (Wildman–Crippen LogP) is 3.62. The Balaban J connectivity index is 1.72. The number of furan rings is 1. The Bertz CT molecular complexity index is 827. The van der Waals surface area contributed by atoms with E-state index in [4.69, 9.17) is 4.42 Å². The van der Waals surface area contributed by atoms with Crippen LogP contribution in [0.4, 0.5) is 0 Å². The van der Waals surface area contributed by atoms with Gasteiger partial charge in [-0.15, -0.1) is 0 Å². The molecule has 3 aromatic rings. The molecule has 1 aromatic carbocycles.